The van der Waals surface area contributed by atoms with Crippen LogP contribution in [-0.4, -0.2) is 54.5 Å². The zero-order valence-electron chi connectivity index (χ0n) is 30.6. The molecule has 2 saturated carbocycles. The summed E-state index contributed by atoms with van der Waals surface area (Å²) in [7, 11) is 0. The fourth-order valence-electron chi connectivity index (χ4n) is 7.59. The van der Waals surface area contributed by atoms with E-state index < -0.39 is 17.3 Å². The number of hydrogen-bond acceptors (Lipinski definition) is 7. The van der Waals surface area contributed by atoms with Gasteiger partial charge >= 0.3 is 12.2 Å². The first-order chi connectivity index (χ1) is 23.7. The number of aromatic amines is 1. The summed E-state index contributed by atoms with van der Waals surface area (Å²) < 4.78 is 11.5. The maximum atomic E-state index is 13.4. The monoisotopic (exact) mass is 680 g/mol. The summed E-state index contributed by atoms with van der Waals surface area (Å²) in [5.41, 5.74) is 3.09. The molecule has 2 unspecified atom stereocenters. The summed E-state index contributed by atoms with van der Waals surface area (Å²) in [6.45, 7) is 13.8. The SMILES string of the molecule is CC(C)(C)OC(=O)N(c1ccc(CN(C(=O)OC(C)(C)C)C2Cc3ccccc3C2)cc1)c1ncc2cn[nH]c2n1.C[C@H]1CC2CCCC1C2. The number of nitrogens with one attached hydrogen (secondary N) is 1. The lowest BCUT2D eigenvalue weighted by atomic mass is 9.88. The van der Waals surface area contributed by atoms with E-state index in [0.29, 0.717) is 17.9 Å². The maximum Gasteiger partial charge on any atom is 0.421 e. The molecule has 2 heterocycles. The van der Waals surface area contributed by atoms with Gasteiger partial charge in [0.15, 0.2) is 5.65 Å². The number of rotatable bonds is 5. The van der Waals surface area contributed by atoms with Crippen LogP contribution in [0.15, 0.2) is 60.9 Å². The van der Waals surface area contributed by atoms with Gasteiger partial charge in [-0.05, 0) is 114 Å². The second-order valence-corrected chi connectivity index (χ2v) is 16.3. The lowest BCUT2D eigenvalue weighted by molar-refractivity contribution is 0.0148. The third-order valence-corrected chi connectivity index (χ3v) is 9.93. The topological polar surface area (TPSA) is 114 Å². The Morgan fingerprint density at radius 2 is 1.52 bits per heavy atom. The Morgan fingerprint density at radius 1 is 0.860 bits per heavy atom. The highest BCUT2D eigenvalue weighted by Gasteiger charge is 2.35. The number of hydrogen-bond donors (Lipinski definition) is 1. The number of carbonyl (C=O) groups excluding carboxylic acids is 2. The van der Waals surface area contributed by atoms with Crippen molar-refractivity contribution in [3.8, 4) is 0 Å². The Balaban J connectivity index is 0.000000412. The molecule has 3 aliphatic rings. The highest BCUT2D eigenvalue weighted by molar-refractivity contribution is 5.95. The van der Waals surface area contributed by atoms with E-state index in [2.05, 4.69) is 39.2 Å². The number of nitrogens with zero attached hydrogens (tertiary/aromatic N) is 5. The molecular weight excluding hydrogens is 628 g/mol. The zero-order chi connectivity index (χ0) is 35.6. The van der Waals surface area contributed by atoms with Crippen molar-refractivity contribution in [2.45, 2.75) is 117 Å². The van der Waals surface area contributed by atoms with Crippen LogP contribution in [0.5, 0.6) is 0 Å². The first kappa shape index (κ1) is 35.4. The predicted octanol–water partition coefficient (Wildman–Crippen LogP) is 9.16. The molecule has 0 saturated heterocycles. The van der Waals surface area contributed by atoms with Gasteiger partial charge in [-0.15, -0.1) is 0 Å². The Hall–Kier alpha value is -4.47. The third kappa shape index (κ3) is 8.63. The fourth-order valence-corrected chi connectivity index (χ4v) is 7.59. The minimum Gasteiger partial charge on any atom is -0.444 e. The Kier molecular flexibility index (Phi) is 10.2. The number of ether oxygens (including phenoxy) is 2. The molecule has 2 bridgehead atoms. The maximum absolute atomic E-state index is 13.4. The summed E-state index contributed by atoms with van der Waals surface area (Å²) in [5, 5.41) is 7.54. The molecule has 0 radical (unpaired) electrons. The van der Waals surface area contributed by atoms with Crippen molar-refractivity contribution in [3.63, 3.8) is 0 Å². The molecule has 2 aromatic heterocycles. The minimum atomic E-state index is -0.722. The molecule has 10 nitrogen and oxygen atoms in total. The van der Waals surface area contributed by atoms with Crippen LogP contribution in [0.2, 0.25) is 0 Å². The molecule has 2 aromatic carbocycles. The van der Waals surface area contributed by atoms with Crippen molar-refractivity contribution in [1.29, 1.82) is 0 Å². The van der Waals surface area contributed by atoms with Crippen molar-refractivity contribution in [2.24, 2.45) is 17.8 Å². The van der Waals surface area contributed by atoms with Crippen LogP contribution in [0, 0.1) is 17.8 Å². The number of aromatic nitrogens is 4. The Bertz CT molecular complexity index is 1760. The number of benzene rings is 2. The van der Waals surface area contributed by atoms with Crippen LogP contribution in [0.25, 0.3) is 11.0 Å². The standard InChI is InChI=1S/C31H36N6O4.C9H16/c1-30(2,3)40-28(38)36(25-15-21-9-7-8-10-22(21)16-25)19-20-11-13-24(14-12-20)37(29(39)41-31(4,5)6)27-32-17-23-18-33-35-26(23)34-27;1-7-5-8-3-2-4-9(7)6-8/h7-14,17-18,25H,15-16,19H2,1-6H3,(H,32,33,34,35);7-9H,2-6H2,1H3/t;7-,8?,9?/m.0/s1. The average Bonchev–Trinajstić information content (AvgIpc) is 3.76. The highest BCUT2D eigenvalue weighted by Crippen LogP contribution is 2.45. The number of carbonyl (C=O) groups is 2. The molecule has 1 N–H and O–H groups in total. The van der Waals surface area contributed by atoms with Gasteiger partial charge in [-0.25, -0.2) is 19.5 Å². The number of H-pyrrole nitrogens is 1. The summed E-state index contributed by atoms with van der Waals surface area (Å²) in [6, 6.07) is 15.7. The van der Waals surface area contributed by atoms with Crippen molar-refractivity contribution in [3.05, 3.63) is 77.6 Å². The Morgan fingerprint density at radius 3 is 2.14 bits per heavy atom. The van der Waals surface area contributed by atoms with Gasteiger partial charge in [0, 0.05) is 18.8 Å². The van der Waals surface area contributed by atoms with Crippen LogP contribution in [0.3, 0.4) is 0 Å². The number of anilines is 2. The van der Waals surface area contributed by atoms with Crippen molar-refractivity contribution >= 4 is 34.9 Å². The molecule has 4 aromatic rings. The van der Waals surface area contributed by atoms with Gasteiger partial charge in [0.1, 0.15) is 11.2 Å². The van der Waals surface area contributed by atoms with Gasteiger partial charge in [0.05, 0.1) is 17.3 Å². The molecule has 7 rings (SSSR count). The summed E-state index contributed by atoms with van der Waals surface area (Å²) in [4.78, 5) is 38.7. The van der Waals surface area contributed by atoms with E-state index in [9.17, 15) is 9.59 Å². The van der Waals surface area contributed by atoms with E-state index in [4.69, 9.17) is 9.47 Å². The van der Waals surface area contributed by atoms with Crippen LogP contribution in [0.1, 0.15) is 97.3 Å². The van der Waals surface area contributed by atoms with Gasteiger partial charge in [0.25, 0.3) is 0 Å². The quantitative estimate of drug-likeness (QED) is 0.224. The van der Waals surface area contributed by atoms with E-state index in [-0.39, 0.29) is 18.1 Å². The summed E-state index contributed by atoms with van der Waals surface area (Å²) >= 11 is 0. The second kappa shape index (κ2) is 14.4. The molecule has 0 spiro atoms. The average molecular weight is 681 g/mol. The first-order valence-electron chi connectivity index (χ1n) is 18.1. The molecule has 50 heavy (non-hydrogen) atoms. The van der Waals surface area contributed by atoms with Gasteiger partial charge in [-0.2, -0.15) is 10.1 Å². The largest absolute Gasteiger partial charge is 0.444 e. The van der Waals surface area contributed by atoms with Crippen molar-refractivity contribution in [1.82, 2.24) is 25.1 Å². The van der Waals surface area contributed by atoms with Crippen LogP contribution in [0.4, 0.5) is 21.2 Å². The van der Waals surface area contributed by atoms with E-state index in [1.807, 2.05) is 45.0 Å². The fraction of sp³-hybridized carbons (Fsp3) is 0.525. The predicted molar refractivity (Wildman–Crippen MR) is 195 cm³/mol. The number of amides is 2. The molecule has 0 aliphatic heterocycles. The molecule has 3 aliphatic carbocycles. The molecular formula is C40H52N6O4. The van der Waals surface area contributed by atoms with Gasteiger partial charge in [0.2, 0.25) is 5.95 Å². The molecule has 2 fully saturated rings. The van der Waals surface area contributed by atoms with E-state index in [1.165, 1.54) is 28.9 Å². The first-order valence-corrected chi connectivity index (χ1v) is 18.1. The molecule has 266 valence electrons. The second-order valence-electron chi connectivity index (χ2n) is 16.3. The smallest absolute Gasteiger partial charge is 0.421 e. The van der Waals surface area contributed by atoms with E-state index in [0.717, 1.165) is 41.5 Å². The summed E-state index contributed by atoms with van der Waals surface area (Å²) in [5.74, 6) is 3.49. The minimum absolute atomic E-state index is 0.0188. The number of fused-ring (bicyclic) bond motifs is 4. The normalized spacial score (nSPS) is 20.1. The van der Waals surface area contributed by atoms with E-state index >= 15 is 0 Å². The van der Waals surface area contributed by atoms with Crippen LogP contribution in [-0.2, 0) is 28.9 Å². The van der Waals surface area contributed by atoms with Gasteiger partial charge in [-0.1, -0.05) is 62.6 Å². The van der Waals surface area contributed by atoms with Crippen LogP contribution < -0.4 is 4.90 Å². The lowest BCUT2D eigenvalue weighted by Gasteiger charge is -2.32. The molecule has 3 atom stereocenters. The lowest BCUT2D eigenvalue weighted by Crippen LogP contribution is -2.43. The third-order valence-electron chi connectivity index (χ3n) is 9.93. The van der Waals surface area contributed by atoms with Crippen molar-refractivity contribution in [2.75, 3.05) is 4.90 Å². The van der Waals surface area contributed by atoms with Crippen molar-refractivity contribution < 1.29 is 19.1 Å². The molecule has 10 heteroatoms. The highest BCUT2D eigenvalue weighted by atomic mass is 16.6. The van der Waals surface area contributed by atoms with E-state index in [1.54, 1.807) is 69.5 Å². The summed E-state index contributed by atoms with van der Waals surface area (Å²) in [6.07, 6.45) is 11.5. The van der Waals surface area contributed by atoms with Crippen LogP contribution >= 0.6 is 0 Å². The Labute approximate surface area is 296 Å². The van der Waals surface area contributed by atoms with Gasteiger partial charge in [-0.3, -0.25) is 5.10 Å². The molecule has 2 amide bonds. The van der Waals surface area contributed by atoms with Gasteiger partial charge < -0.3 is 14.4 Å². The zero-order valence-corrected chi connectivity index (χ0v) is 30.6.